The largest absolute Gasteiger partial charge is 0.339 e. The molecule has 1 atom stereocenters. The summed E-state index contributed by atoms with van der Waals surface area (Å²) in [6, 6.07) is 4.11. The standard InChI is InChI=1S/C12H16N4O/c1-3-10(13-2)8-11-15-12(16-17-11)9-4-6-14-7-5-9/h4-7,10,13H,3,8H2,1-2H3. The van der Waals surface area contributed by atoms with Gasteiger partial charge in [0.1, 0.15) is 0 Å². The minimum atomic E-state index is 0.376. The third kappa shape index (κ3) is 2.88. The Balaban J connectivity index is 2.11. The monoisotopic (exact) mass is 232 g/mol. The van der Waals surface area contributed by atoms with E-state index < -0.39 is 0 Å². The lowest BCUT2D eigenvalue weighted by molar-refractivity contribution is 0.359. The van der Waals surface area contributed by atoms with Crippen LogP contribution >= 0.6 is 0 Å². The number of rotatable bonds is 5. The second-order valence-electron chi connectivity index (χ2n) is 3.85. The maximum absolute atomic E-state index is 5.23. The Bertz CT molecular complexity index is 451. The molecule has 2 aromatic rings. The van der Waals surface area contributed by atoms with Gasteiger partial charge in [0.05, 0.1) is 0 Å². The van der Waals surface area contributed by atoms with Gasteiger partial charge in [0.15, 0.2) is 0 Å². The van der Waals surface area contributed by atoms with E-state index in [9.17, 15) is 0 Å². The van der Waals surface area contributed by atoms with E-state index in [4.69, 9.17) is 4.52 Å². The van der Waals surface area contributed by atoms with Crippen molar-refractivity contribution in [3.05, 3.63) is 30.4 Å². The number of likely N-dealkylation sites (N-methyl/N-ethyl adjacent to an activating group) is 1. The molecule has 0 aliphatic rings. The van der Waals surface area contributed by atoms with Crippen LogP contribution in [-0.2, 0) is 6.42 Å². The normalized spacial score (nSPS) is 12.6. The first-order chi connectivity index (χ1) is 8.33. The molecule has 0 spiro atoms. The van der Waals surface area contributed by atoms with E-state index in [1.54, 1.807) is 12.4 Å². The summed E-state index contributed by atoms with van der Waals surface area (Å²) < 4.78 is 5.23. The molecule has 0 saturated carbocycles. The highest BCUT2D eigenvalue weighted by atomic mass is 16.5. The second kappa shape index (κ2) is 5.54. The Morgan fingerprint density at radius 2 is 2.12 bits per heavy atom. The van der Waals surface area contributed by atoms with E-state index in [-0.39, 0.29) is 0 Å². The Morgan fingerprint density at radius 3 is 2.76 bits per heavy atom. The SMILES string of the molecule is CCC(Cc1nc(-c2ccncc2)no1)NC. The van der Waals surface area contributed by atoms with Crippen LogP contribution in [0.25, 0.3) is 11.4 Å². The van der Waals surface area contributed by atoms with E-state index in [0.717, 1.165) is 18.4 Å². The molecular weight excluding hydrogens is 216 g/mol. The lowest BCUT2D eigenvalue weighted by Gasteiger charge is -2.09. The zero-order valence-electron chi connectivity index (χ0n) is 10.1. The molecule has 0 aliphatic carbocycles. The van der Waals surface area contributed by atoms with E-state index in [1.165, 1.54) is 0 Å². The van der Waals surface area contributed by atoms with Crippen LogP contribution in [0.3, 0.4) is 0 Å². The highest BCUT2D eigenvalue weighted by Gasteiger charge is 2.12. The molecule has 0 aliphatic heterocycles. The molecule has 1 N–H and O–H groups in total. The van der Waals surface area contributed by atoms with Crippen LogP contribution in [-0.4, -0.2) is 28.2 Å². The lowest BCUT2D eigenvalue weighted by Crippen LogP contribution is -2.26. The molecular formula is C12H16N4O. The van der Waals surface area contributed by atoms with E-state index in [1.807, 2.05) is 19.2 Å². The van der Waals surface area contributed by atoms with Crippen molar-refractivity contribution in [2.24, 2.45) is 0 Å². The van der Waals surface area contributed by atoms with Crippen molar-refractivity contribution in [1.29, 1.82) is 0 Å². The molecule has 2 heterocycles. The van der Waals surface area contributed by atoms with Gasteiger partial charge in [0.25, 0.3) is 0 Å². The maximum Gasteiger partial charge on any atom is 0.228 e. The van der Waals surface area contributed by atoms with Crippen molar-refractivity contribution in [1.82, 2.24) is 20.4 Å². The van der Waals surface area contributed by atoms with Gasteiger partial charge in [0.2, 0.25) is 11.7 Å². The first-order valence-electron chi connectivity index (χ1n) is 5.73. The molecule has 0 saturated heterocycles. The van der Waals surface area contributed by atoms with Crippen molar-refractivity contribution >= 4 is 0 Å². The quantitative estimate of drug-likeness (QED) is 0.849. The predicted octanol–water partition coefficient (Wildman–Crippen LogP) is 1.67. The summed E-state index contributed by atoms with van der Waals surface area (Å²) in [7, 11) is 1.94. The number of aromatic nitrogens is 3. The fraction of sp³-hybridized carbons (Fsp3) is 0.417. The first kappa shape index (κ1) is 11.7. The molecule has 17 heavy (non-hydrogen) atoms. The number of hydrogen-bond acceptors (Lipinski definition) is 5. The molecule has 0 bridgehead atoms. The molecule has 0 radical (unpaired) electrons. The van der Waals surface area contributed by atoms with Gasteiger partial charge in [-0.15, -0.1) is 0 Å². The highest BCUT2D eigenvalue weighted by molar-refractivity contribution is 5.52. The average molecular weight is 232 g/mol. The summed E-state index contributed by atoms with van der Waals surface area (Å²) >= 11 is 0. The molecule has 0 fully saturated rings. The van der Waals surface area contributed by atoms with Crippen LogP contribution in [0.2, 0.25) is 0 Å². The fourth-order valence-corrected chi connectivity index (χ4v) is 1.62. The molecule has 5 heteroatoms. The summed E-state index contributed by atoms with van der Waals surface area (Å²) in [6.45, 7) is 2.13. The molecule has 90 valence electrons. The average Bonchev–Trinajstić information content (AvgIpc) is 2.85. The summed E-state index contributed by atoms with van der Waals surface area (Å²) in [6.07, 6.45) is 5.22. The number of hydrogen-bond donors (Lipinski definition) is 1. The number of pyridine rings is 1. The van der Waals surface area contributed by atoms with Gasteiger partial charge in [-0.25, -0.2) is 0 Å². The van der Waals surface area contributed by atoms with Gasteiger partial charge in [-0.1, -0.05) is 12.1 Å². The summed E-state index contributed by atoms with van der Waals surface area (Å²) in [4.78, 5) is 8.33. The number of nitrogens with zero attached hydrogens (tertiary/aromatic N) is 3. The van der Waals surface area contributed by atoms with Gasteiger partial charge in [-0.2, -0.15) is 4.98 Å². The minimum Gasteiger partial charge on any atom is -0.339 e. The Labute approximate surface area is 100 Å². The van der Waals surface area contributed by atoms with Crippen LogP contribution in [0.4, 0.5) is 0 Å². The fourth-order valence-electron chi connectivity index (χ4n) is 1.62. The summed E-state index contributed by atoms with van der Waals surface area (Å²) in [5.41, 5.74) is 0.924. The smallest absolute Gasteiger partial charge is 0.228 e. The Kier molecular flexibility index (Phi) is 3.82. The summed E-state index contributed by atoms with van der Waals surface area (Å²) in [5.74, 6) is 1.28. The highest BCUT2D eigenvalue weighted by Crippen LogP contribution is 2.14. The predicted molar refractivity (Wildman–Crippen MR) is 64.4 cm³/mol. The lowest BCUT2D eigenvalue weighted by atomic mass is 10.1. The van der Waals surface area contributed by atoms with Crippen LogP contribution < -0.4 is 5.32 Å². The van der Waals surface area contributed by atoms with E-state index in [0.29, 0.717) is 17.8 Å². The van der Waals surface area contributed by atoms with Crippen LogP contribution in [0.15, 0.2) is 29.0 Å². The van der Waals surface area contributed by atoms with Crippen molar-refractivity contribution in [3.8, 4) is 11.4 Å². The summed E-state index contributed by atoms with van der Waals surface area (Å²) in [5, 5.41) is 7.18. The molecule has 0 aromatic carbocycles. The Hall–Kier alpha value is -1.75. The third-order valence-corrected chi connectivity index (χ3v) is 2.73. The molecule has 0 amide bonds. The van der Waals surface area contributed by atoms with Crippen molar-refractivity contribution in [2.45, 2.75) is 25.8 Å². The van der Waals surface area contributed by atoms with Gasteiger partial charge in [-0.3, -0.25) is 4.98 Å². The zero-order valence-corrected chi connectivity index (χ0v) is 10.1. The zero-order chi connectivity index (χ0) is 12.1. The van der Waals surface area contributed by atoms with Crippen molar-refractivity contribution < 1.29 is 4.52 Å². The minimum absolute atomic E-state index is 0.376. The van der Waals surface area contributed by atoms with Crippen LogP contribution in [0, 0.1) is 0 Å². The van der Waals surface area contributed by atoms with Gasteiger partial charge in [-0.05, 0) is 25.6 Å². The van der Waals surface area contributed by atoms with E-state index in [2.05, 4.69) is 27.4 Å². The maximum atomic E-state index is 5.23. The van der Waals surface area contributed by atoms with E-state index >= 15 is 0 Å². The van der Waals surface area contributed by atoms with Gasteiger partial charge >= 0.3 is 0 Å². The molecule has 2 aromatic heterocycles. The number of nitrogens with one attached hydrogen (secondary N) is 1. The topological polar surface area (TPSA) is 63.8 Å². The van der Waals surface area contributed by atoms with Crippen LogP contribution in [0.1, 0.15) is 19.2 Å². The first-order valence-corrected chi connectivity index (χ1v) is 5.73. The van der Waals surface area contributed by atoms with Crippen LogP contribution in [0.5, 0.6) is 0 Å². The third-order valence-electron chi connectivity index (χ3n) is 2.73. The van der Waals surface area contributed by atoms with Gasteiger partial charge < -0.3 is 9.84 Å². The molecule has 2 rings (SSSR count). The second-order valence-corrected chi connectivity index (χ2v) is 3.85. The molecule has 5 nitrogen and oxygen atoms in total. The van der Waals surface area contributed by atoms with Crippen molar-refractivity contribution in [2.75, 3.05) is 7.05 Å². The molecule has 1 unspecified atom stereocenters. The van der Waals surface area contributed by atoms with Crippen molar-refractivity contribution in [3.63, 3.8) is 0 Å². The van der Waals surface area contributed by atoms with Gasteiger partial charge in [0, 0.05) is 30.4 Å². The Morgan fingerprint density at radius 1 is 1.35 bits per heavy atom.